The monoisotopic (exact) mass is 376 g/mol. The van der Waals surface area contributed by atoms with Crippen LogP contribution in [0, 0.1) is 0 Å². The molecule has 0 radical (unpaired) electrons. The lowest BCUT2D eigenvalue weighted by Gasteiger charge is -2.27. The van der Waals surface area contributed by atoms with Crippen molar-refractivity contribution in [2.45, 2.75) is 12.8 Å². The lowest BCUT2D eigenvalue weighted by atomic mass is 10.1. The topological polar surface area (TPSA) is 50.3 Å². The third-order valence-electron chi connectivity index (χ3n) is 3.85. The summed E-state index contributed by atoms with van der Waals surface area (Å²) in [5.74, 6) is 0.784. The maximum absolute atomic E-state index is 5.71. The first kappa shape index (κ1) is 16.4. The average molecular weight is 377 g/mol. The van der Waals surface area contributed by atoms with Gasteiger partial charge in [0.25, 0.3) is 0 Å². The number of aryl methyl sites for hydroxylation is 1. The summed E-state index contributed by atoms with van der Waals surface area (Å²) in [4.78, 5) is 10.8. The van der Waals surface area contributed by atoms with E-state index in [4.69, 9.17) is 4.74 Å². The second-order valence-corrected chi connectivity index (χ2v) is 6.54. The molecule has 0 amide bonds. The zero-order valence-electron chi connectivity index (χ0n) is 13.0. The van der Waals surface area contributed by atoms with E-state index >= 15 is 0 Å². The van der Waals surface area contributed by atoms with Gasteiger partial charge in [0.15, 0.2) is 0 Å². The lowest BCUT2D eigenvalue weighted by Crippen LogP contribution is -2.43. The summed E-state index contributed by atoms with van der Waals surface area (Å²) in [7, 11) is 0. The summed E-state index contributed by atoms with van der Waals surface area (Å²) in [5, 5.41) is 3.38. The van der Waals surface area contributed by atoms with Crippen LogP contribution in [0.5, 0.6) is 11.8 Å². The van der Waals surface area contributed by atoms with Crippen molar-refractivity contribution in [2.24, 2.45) is 0 Å². The Hall–Kier alpha value is -1.50. The van der Waals surface area contributed by atoms with Gasteiger partial charge >= 0.3 is 6.01 Å². The van der Waals surface area contributed by atoms with Gasteiger partial charge < -0.3 is 15.0 Å². The van der Waals surface area contributed by atoms with E-state index in [2.05, 4.69) is 48.2 Å². The molecular formula is C17H21BrN4O. The molecule has 0 aliphatic carbocycles. The fourth-order valence-corrected chi connectivity index (χ4v) is 2.87. The quantitative estimate of drug-likeness (QED) is 0.839. The Morgan fingerprint density at radius 3 is 2.74 bits per heavy atom. The predicted molar refractivity (Wildman–Crippen MR) is 93.9 cm³/mol. The van der Waals surface area contributed by atoms with Crippen LogP contribution in [0.25, 0.3) is 0 Å². The third-order valence-corrected chi connectivity index (χ3v) is 4.26. The highest BCUT2D eigenvalue weighted by molar-refractivity contribution is 9.10. The van der Waals surface area contributed by atoms with Gasteiger partial charge in [-0.25, -0.2) is 9.97 Å². The molecule has 0 saturated carbocycles. The van der Waals surface area contributed by atoms with Crippen LogP contribution >= 0.6 is 15.9 Å². The van der Waals surface area contributed by atoms with E-state index in [9.17, 15) is 0 Å². The van der Waals surface area contributed by atoms with Crippen molar-refractivity contribution in [1.82, 2.24) is 20.2 Å². The Morgan fingerprint density at radius 2 is 1.96 bits per heavy atom. The fraction of sp³-hybridized carbons (Fsp3) is 0.412. The van der Waals surface area contributed by atoms with Gasteiger partial charge in [-0.2, -0.15) is 0 Å². The van der Waals surface area contributed by atoms with Crippen LogP contribution in [0.15, 0.2) is 41.1 Å². The summed E-state index contributed by atoms with van der Waals surface area (Å²) in [5.41, 5.74) is 1.29. The number of benzene rings is 1. The van der Waals surface area contributed by atoms with Crippen LogP contribution in [0.4, 0.5) is 0 Å². The van der Waals surface area contributed by atoms with Crippen LogP contribution in [0.1, 0.15) is 12.0 Å². The van der Waals surface area contributed by atoms with Gasteiger partial charge in [0, 0.05) is 38.6 Å². The Bertz CT molecular complexity index is 614. The highest BCUT2D eigenvalue weighted by atomic mass is 79.9. The third kappa shape index (κ3) is 5.27. The molecule has 6 heteroatoms. The van der Waals surface area contributed by atoms with Gasteiger partial charge in [-0.15, -0.1) is 0 Å². The first-order chi connectivity index (χ1) is 11.3. The summed E-state index contributed by atoms with van der Waals surface area (Å²) in [6, 6.07) is 8.54. The molecule has 1 N–H and O–H groups in total. The normalized spacial score (nSPS) is 15.5. The van der Waals surface area contributed by atoms with Crippen molar-refractivity contribution in [3.05, 3.63) is 46.7 Å². The van der Waals surface area contributed by atoms with E-state index < -0.39 is 0 Å². The lowest BCUT2D eigenvalue weighted by molar-refractivity contribution is 0.238. The smallest absolute Gasteiger partial charge is 0.321 e. The zero-order chi connectivity index (χ0) is 15.9. The fourth-order valence-electron chi connectivity index (χ4n) is 2.66. The SMILES string of the molecule is Brc1cnc(Oc2cccc(CCCN3CCNCC3)c2)nc1. The number of nitrogens with one attached hydrogen (secondary N) is 1. The zero-order valence-corrected chi connectivity index (χ0v) is 14.6. The molecule has 0 unspecified atom stereocenters. The molecule has 5 nitrogen and oxygen atoms in total. The van der Waals surface area contributed by atoms with Gasteiger partial charge in [-0.3, -0.25) is 0 Å². The first-order valence-corrected chi connectivity index (χ1v) is 8.76. The van der Waals surface area contributed by atoms with Crippen LogP contribution in [-0.4, -0.2) is 47.6 Å². The van der Waals surface area contributed by atoms with Crippen LogP contribution in [0.2, 0.25) is 0 Å². The maximum Gasteiger partial charge on any atom is 0.321 e. The maximum atomic E-state index is 5.71. The van der Waals surface area contributed by atoms with E-state index in [-0.39, 0.29) is 0 Å². The molecule has 122 valence electrons. The number of hydrogen-bond donors (Lipinski definition) is 1. The van der Waals surface area contributed by atoms with E-state index in [1.165, 1.54) is 5.56 Å². The number of piperazine rings is 1. The second-order valence-electron chi connectivity index (χ2n) is 5.63. The van der Waals surface area contributed by atoms with Gasteiger partial charge in [0.05, 0.1) is 4.47 Å². The number of hydrogen-bond acceptors (Lipinski definition) is 5. The molecule has 1 aliphatic heterocycles. The summed E-state index contributed by atoms with van der Waals surface area (Å²) >= 11 is 3.32. The Morgan fingerprint density at radius 1 is 1.17 bits per heavy atom. The molecule has 1 aromatic heterocycles. The molecule has 1 aromatic carbocycles. The standard InChI is InChI=1S/C17H21BrN4O/c18-15-12-20-17(21-13-15)23-16-5-1-3-14(11-16)4-2-8-22-9-6-19-7-10-22/h1,3,5,11-13,19H,2,4,6-10H2. The van der Waals surface area contributed by atoms with Crippen LogP contribution in [0.3, 0.4) is 0 Å². The molecule has 0 bridgehead atoms. The molecule has 23 heavy (non-hydrogen) atoms. The van der Waals surface area contributed by atoms with E-state index in [0.29, 0.717) is 6.01 Å². The number of halogens is 1. The second kappa shape index (κ2) is 8.38. The van der Waals surface area contributed by atoms with E-state index in [0.717, 1.165) is 55.8 Å². The molecule has 0 spiro atoms. The number of nitrogens with zero attached hydrogens (tertiary/aromatic N) is 3. The van der Waals surface area contributed by atoms with Crippen molar-refractivity contribution in [2.75, 3.05) is 32.7 Å². The summed E-state index contributed by atoms with van der Waals surface area (Å²) < 4.78 is 6.55. The predicted octanol–water partition coefficient (Wildman–Crippen LogP) is 2.87. The molecule has 1 saturated heterocycles. The molecule has 1 fully saturated rings. The Kier molecular flexibility index (Phi) is 5.96. The van der Waals surface area contributed by atoms with Crippen molar-refractivity contribution >= 4 is 15.9 Å². The van der Waals surface area contributed by atoms with Crippen molar-refractivity contribution in [3.63, 3.8) is 0 Å². The van der Waals surface area contributed by atoms with Gasteiger partial charge in [-0.05, 0) is 53.0 Å². The van der Waals surface area contributed by atoms with E-state index in [1.54, 1.807) is 12.4 Å². The molecule has 2 heterocycles. The molecule has 0 atom stereocenters. The van der Waals surface area contributed by atoms with Crippen LogP contribution in [-0.2, 0) is 6.42 Å². The van der Waals surface area contributed by atoms with Gasteiger partial charge in [-0.1, -0.05) is 12.1 Å². The summed E-state index contributed by atoms with van der Waals surface area (Å²) in [6.45, 7) is 5.68. The molecule has 2 aromatic rings. The number of rotatable bonds is 6. The Balaban J connectivity index is 1.51. The summed E-state index contributed by atoms with van der Waals surface area (Å²) in [6.07, 6.45) is 5.58. The molecule has 1 aliphatic rings. The number of ether oxygens (including phenoxy) is 1. The van der Waals surface area contributed by atoms with Crippen molar-refractivity contribution in [1.29, 1.82) is 0 Å². The average Bonchev–Trinajstić information content (AvgIpc) is 2.58. The van der Waals surface area contributed by atoms with Crippen molar-refractivity contribution in [3.8, 4) is 11.8 Å². The molecule has 3 rings (SSSR count). The van der Waals surface area contributed by atoms with Gasteiger partial charge in [0.1, 0.15) is 5.75 Å². The first-order valence-electron chi connectivity index (χ1n) is 7.97. The highest BCUT2D eigenvalue weighted by Crippen LogP contribution is 2.20. The molecular weight excluding hydrogens is 356 g/mol. The van der Waals surface area contributed by atoms with Gasteiger partial charge in [0.2, 0.25) is 0 Å². The van der Waals surface area contributed by atoms with E-state index in [1.807, 2.05) is 12.1 Å². The highest BCUT2D eigenvalue weighted by Gasteiger charge is 2.08. The largest absolute Gasteiger partial charge is 0.424 e. The van der Waals surface area contributed by atoms with Crippen LogP contribution < -0.4 is 10.1 Å². The Labute approximate surface area is 145 Å². The minimum absolute atomic E-state index is 0.367. The van der Waals surface area contributed by atoms with Crippen molar-refractivity contribution < 1.29 is 4.74 Å². The minimum Gasteiger partial charge on any atom is -0.424 e. The minimum atomic E-state index is 0.367. The number of aromatic nitrogens is 2.